The van der Waals surface area contributed by atoms with Gasteiger partial charge in [-0.2, -0.15) is 0 Å². The lowest BCUT2D eigenvalue weighted by Crippen LogP contribution is -2.49. The maximum absolute atomic E-state index is 5.45. The second kappa shape index (κ2) is 36.6. The summed E-state index contributed by atoms with van der Waals surface area (Å²) in [5, 5.41) is 19.8. The Morgan fingerprint density at radius 1 is 0.129 bits per heavy atom. The van der Waals surface area contributed by atoms with Crippen LogP contribution in [0.25, 0.3) is 244 Å². The Kier molecular flexibility index (Phi) is 22.3. The van der Waals surface area contributed by atoms with Crippen molar-refractivity contribution in [1.82, 2.24) is 29.9 Å². The second-order valence-electron chi connectivity index (χ2n) is 40.6. The van der Waals surface area contributed by atoms with Crippen molar-refractivity contribution in [2.24, 2.45) is 0 Å². The molecule has 9 heteroatoms. The van der Waals surface area contributed by atoms with E-state index in [2.05, 4.69) is 531 Å². The zero-order valence-corrected chi connectivity index (χ0v) is 85.5. The predicted molar refractivity (Wildman–Crippen MR) is 628 cm³/mol. The van der Waals surface area contributed by atoms with Crippen molar-refractivity contribution in [3.05, 3.63) is 497 Å². The molecule has 3 aromatic heterocycles. The molecule has 0 atom stereocenters. The van der Waals surface area contributed by atoms with Crippen molar-refractivity contribution in [1.29, 1.82) is 0 Å². The first-order valence-corrected chi connectivity index (χ1v) is 59.8. The van der Waals surface area contributed by atoms with Gasteiger partial charge < -0.3 is 0 Å². The smallest absolute Gasteiger partial charge is 0.160 e. The zero-order chi connectivity index (χ0) is 98.6. The van der Waals surface area contributed by atoms with Gasteiger partial charge in [0.05, 0.1) is 33.6 Å². The number of hydrogen-bond donors (Lipinski definition) is 0. The molecule has 147 heavy (non-hydrogen) atoms. The summed E-state index contributed by atoms with van der Waals surface area (Å²) in [6.07, 6.45) is 0. The largest absolute Gasteiger partial charge is 0.227 e. The maximum Gasteiger partial charge on any atom is 0.160 e. The normalized spacial score (nSPS) is 13.0. The summed E-state index contributed by atoms with van der Waals surface area (Å²) < 4.78 is 0. The van der Waals surface area contributed by atoms with Crippen LogP contribution in [0.15, 0.2) is 497 Å². The summed E-state index contributed by atoms with van der Waals surface area (Å²) in [5.74, 6) is 2.25. The molecule has 0 spiro atoms. The standard InChI is InChI=1S/C52H36N2Si.C46H34N2Si.C40H30N2Si/c1-55(2)47-25-11-10-24-44(47)49-48(55)29-28-45-50(33-14-4-3-5-15-33)53-52(54-51(45)49)38-19-13-18-36(31-38)34-16-12-17-35(30-34)37-26-27-43-41-22-7-6-20-39(41)40-21-8-9-23-42(40)46(43)32-37;1-49(2)41-26-12-11-25-39(41)43-42(49)28-27-40-44(32-17-7-4-8-18-32)47-46(48-45(40)43)36-22-14-20-34(30-36)33-19-13-21-35(29-33)38-24-10-9-23-37(38)31-15-5-3-6-16-31;1-43(2)35-22-10-9-21-33(35)37-36(43)24-23-34-38(41-40(42-39(34)37)28-15-7-4-8-16-28)32-20-12-19-31(26-32)30-18-11-17-29(25-30)27-13-5-3-6-14-27/h3-32H,1-2H3;3-30H,1-2H3;3-26H,1-2H3. The lowest BCUT2D eigenvalue weighted by atomic mass is 9.91. The summed E-state index contributed by atoms with van der Waals surface area (Å²) >= 11 is 0. The monoisotopic (exact) mass is 1920 g/mol. The quantitative estimate of drug-likeness (QED) is 0.0846. The van der Waals surface area contributed by atoms with Crippen molar-refractivity contribution in [3.8, 4) is 179 Å². The van der Waals surface area contributed by atoms with Gasteiger partial charge in [-0.25, -0.2) is 29.9 Å². The highest BCUT2D eigenvalue weighted by atomic mass is 28.3. The molecule has 0 saturated carbocycles. The molecule has 22 aromatic carbocycles. The molecular formula is C138H100N6Si3. The van der Waals surface area contributed by atoms with E-state index < -0.39 is 24.2 Å². The van der Waals surface area contributed by atoms with Crippen LogP contribution in [0.3, 0.4) is 0 Å². The Balaban J connectivity index is 0.000000113. The van der Waals surface area contributed by atoms with Gasteiger partial charge in [0.2, 0.25) is 0 Å². The molecule has 0 bridgehead atoms. The summed E-state index contributed by atoms with van der Waals surface area (Å²) in [5.41, 5.74) is 36.8. The number of benzene rings is 22. The fraction of sp³-hybridized carbons (Fsp3) is 0.0435. The predicted octanol–water partition coefficient (Wildman–Crippen LogP) is 32.4. The topological polar surface area (TPSA) is 77.3 Å². The molecule has 694 valence electrons. The molecular weight excluding hydrogens is 1830 g/mol. The Hall–Kier alpha value is -17.7. The molecule has 0 amide bonds. The van der Waals surface area contributed by atoms with Crippen LogP contribution in [-0.4, -0.2) is 54.1 Å². The lowest BCUT2D eigenvalue weighted by molar-refractivity contribution is 1.23. The number of aromatic nitrogens is 6. The summed E-state index contributed by atoms with van der Waals surface area (Å²) in [6.45, 7) is 14.7. The first-order valence-electron chi connectivity index (χ1n) is 50.8. The van der Waals surface area contributed by atoms with Crippen LogP contribution in [0.1, 0.15) is 0 Å². The van der Waals surface area contributed by atoms with Crippen LogP contribution in [-0.2, 0) is 0 Å². The Morgan fingerprint density at radius 2 is 0.361 bits per heavy atom. The maximum atomic E-state index is 5.45. The van der Waals surface area contributed by atoms with E-state index >= 15 is 0 Å². The third-order valence-electron chi connectivity index (χ3n) is 30.8. The van der Waals surface area contributed by atoms with Gasteiger partial charge in [0.25, 0.3) is 0 Å². The highest BCUT2D eigenvalue weighted by Crippen LogP contribution is 2.47. The minimum absolute atomic E-state index is 0.746. The molecule has 25 aromatic rings. The van der Waals surface area contributed by atoms with Crippen molar-refractivity contribution >= 4 is 120 Å². The minimum atomic E-state index is -1.88. The zero-order valence-electron chi connectivity index (χ0n) is 82.5. The number of hydrogen-bond acceptors (Lipinski definition) is 6. The molecule has 0 aliphatic carbocycles. The van der Waals surface area contributed by atoms with Crippen LogP contribution in [0.4, 0.5) is 0 Å². The average molecular weight is 1930 g/mol. The van der Waals surface area contributed by atoms with E-state index in [4.69, 9.17) is 29.9 Å². The van der Waals surface area contributed by atoms with Crippen LogP contribution in [0.2, 0.25) is 39.3 Å². The van der Waals surface area contributed by atoms with E-state index in [-0.39, 0.29) is 0 Å². The Bertz CT molecular complexity index is 9550. The highest BCUT2D eigenvalue weighted by molar-refractivity contribution is 7.05. The molecule has 28 rings (SSSR count). The van der Waals surface area contributed by atoms with Crippen molar-refractivity contribution in [3.63, 3.8) is 0 Å². The molecule has 0 unspecified atom stereocenters. The second-order valence-corrected chi connectivity index (χ2v) is 53.5. The summed E-state index contributed by atoms with van der Waals surface area (Å²) in [7, 11) is -5.58. The average Bonchev–Trinajstić information content (AvgIpc) is 1.57. The van der Waals surface area contributed by atoms with Gasteiger partial charge in [-0.15, -0.1) is 0 Å². The molecule has 6 nitrogen and oxygen atoms in total. The van der Waals surface area contributed by atoms with Gasteiger partial charge in [0, 0.05) is 66.2 Å². The lowest BCUT2D eigenvalue weighted by Gasteiger charge is -2.19. The number of fused-ring (bicyclic) bond motifs is 21. The molecule has 0 radical (unpaired) electrons. The van der Waals surface area contributed by atoms with E-state index in [1.165, 1.54) is 152 Å². The molecule has 3 aliphatic heterocycles. The number of rotatable bonds is 13. The minimum Gasteiger partial charge on any atom is -0.227 e. The van der Waals surface area contributed by atoms with Crippen LogP contribution < -0.4 is 31.1 Å². The SMILES string of the molecule is C[Si]1(C)c2ccccc2-c2c1ccc1c(-c3cccc(-c4cccc(-c5ccccc5)c4)c3)nc(-c3ccccc3)nc21.C[Si]1(C)c2ccccc2-c2c1ccc1c(-c3ccccc3)nc(-c3cccc(-c4cccc(-c5ccc6c7ccccc7c7ccccc7c6c5)c4)c3)nc21.C[Si]1(C)c2ccccc2-c2c1ccc1c(-c3ccccc3)nc(-c3cccc(-c4cccc(-c5ccccc5-c5ccccc5)c4)c3)nc21. The van der Waals surface area contributed by atoms with Crippen LogP contribution in [0.5, 0.6) is 0 Å². The highest BCUT2D eigenvalue weighted by Gasteiger charge is 2.43. The van der Waals surface area contributed by atoms with E-state index in [1.54, 1.807) is 0 Å². The third-order valence-corrected chi connectivity index (χ3v) is 41.5. The first-order chi connectivity index (χ1) is 72.2. The third kappa shape index (κ3) is 15.8. The fourth-order valence-corrected chi connectivity index (χ4v) is 32.6. The summed E-state index contributed by atoms with van der Waals surface area (Å²) in [4.78, 5) is 32.1. The molecule has 6 heterocycles. The number of nitrogens with zero attached hydrogens (tertiary/aromatic N) is 6. The Morgan fingerprint density at radius 3 is 0.741 bits per heavy atom. The molecule has 3 aliphatic rings. The van der Waals surface area contributed by atoms with Crippen molar-refractivity contribution < 1.29 is 0 Å². The van der Waals surface area contributed by atoms with E-state index in [0.717, 1.165) is 123 Å². The molecule has 0 saturated heterocycles. The van der Waals surface area contributed by atoms with E-state index in [1.807, 2.05) is 6.07 Å². The van der Waals surface area contributed by atoms with E-state index in [0.29, 0.717) is 0 Å². The van der Waals surface area contributed by atoms with Gasteiger partial charge >= 0.3 is 0 Å². The van der Waals surface area contributed by atoms with Crippen LogP contribution in [0, 0.1) is 0 Å². The summed E-state index contributed by atoms with van der Waals surface area (Å²) in [6, 6.07) is 179. The Labute approximate surface area is 859 Å². The van der Waals surface area contributed by atoms with E-state index in [9.17, 15) is 0 Å². The van der Waals surface area contributed by atoms with Gasteiger partial charge in [-0.05, 0) is 200 Å². The van der Waals surface area contributed by atoms with Gasteiger partial charge in [-0.1, -0.05) is 494 Å². The molecule has 0 N–H and O–H groups in total. The van der Waals surface area contributed by atoms with Crippen molar-refractivity contribution in [2.45, 2.75) is 39.3 Å². The first kappa shape index (κ1) is 89.4. The van der Waals surface area contributed by atoms with Gasteiger partial charge in [0.15, 0.2) is 17.5 Å². The molecule has 0 fully saturated rings. The fourth-order valence-electron chi connectivity index (χ4n) is 23.4. The van der Waals surface area contributed by atoms with Gasteiger partial charge in [0.1, 0.15) is 24.2 Å². The van der Waals surface area contributed by atoms with Crippen molar-refractivity contribution in [2.75, 3.05) is 0 Å². The van der Waals surface area contributed by atoms with Crippen LogP contribution >= 0.6 is 0 Å². The van der Waals surface area contributed by atoms with Gasteiger partial charge in [-0.3, -0.25) is 0 Å².